The number of anilines is 2. The van der Waals surface area contributed by atoms with E-state index in [0.717, 1.165) is 59.3 Å². The van der Waals surface area contributed by atoms with E-state index in [-0.39, 0.29) is 0 Å². The number of carbonyl (C=O) groups is 1. The van der Waals surface area contributed by atoms with Crippen molar-refractivity contribution in [1.29, 1.82) is 0 Å². The zero-order valence-corrected chi connectivity index (χ0v) is 18.1. The summed E-state index contributed by atoms with van der Waals surface area (Å²) in [4.78, 5) is 18.9. The molecule has 0 unspecified atom stereocenters. The lowest BCUT2D eigenvalue weighted by Gasteiger charge is -2.30. The largest absolute Gasteiger partial charge is 0.377 e. The van der Waals surface area contributed by atoms with Gasteiger partial charge in [-0.1, -0.05) is 18.2 Å². The molecule has 158 valence electrons. The number of nitrogens with two attached hydrogens (primary N) is 1. The highest BCUT2D eigenvalue weighted by Gasteiger charge is 2.29. The zero-order chi connectivity index (χ0) is 21.4. The molecule has 1 amide bonds. The number of aromatic nitrogens is 3. The lowest BCUT2D eigenvalue weighted by molar-refractivity contribution is 0.0989. The van der Waals surface area contributed by atoms with Crippen molar-refractivity contribution in [3.63, 3.8) is 0 Å². The number of nitrogens with zero attached hydrogens (tertiary/aromatic N) is 4. The van der Waals surface area contributed by atoms with Crippen molar-refractivity contribution in [2.24, 2.45) is 12.8 Å². The van der Waals surface area contributed by atoms with Crippen molar-refractivity contribution in [2.75, 3.05) is 24.3 Å². The summed E-state index contributed by atoms with van der Waals surface area (Å²) in [5.74, 6) is 0.835. The molecule has 7 heteroatoms. The van der Waals surface area contributed by atoms with Crippen molar-refractivity contribution in [3.8, 4) is 0 Å². The Morgan fingerprint density at radius 1 is 1.20 bits per heavy atom. The Bertz CT molecular complexity index is 1080. The second-order valence-corrected chi connectivity index (χ2v) is 8.47. The van der Waals surface area contributed by atoms with Crippen LogP contribution in [0.5, 0.6) is 0 Å². The molecule has 1 aliphatic rings. The summed E-state index contributed by atoms with van der Waals surface area (Å²) in [5, 5.41) is 9.24. The van der Waals surface area contributed by atoms with Gasteiger partial charge in [0, 0.05) is 49.9 Å². The van der Waals surface area contributed by atoms with Crippen LogP contribution in [0.2, 0.25) is 0 Å². The maximum absolute atomic E-state index is 11.9. The lowest BCUT2D eigenvalue weighted by Crippen LogP contribution is -2.27. The van der Waals surface area contributed by atoms with E-state index in [1.807, 2.05) is 19.1 Å². The van der Waals surface area contributed by atoms with Gasteiger partial charge in [0.05, 0.1) is 11.2 Å². The van der Waals surface area contributed by atoms with Crippen molar-refractivity contribution in [2.45, 2.75) is 44.6 Å². The topological polar surface area (TPSA) is 89.1 Å². The van der Waals surface area contributed by atoms with E-state index in [0.29, 0.717) is 17.7 Å². The van der Waals surface area contributed by atoms with E-state index in [4.69, 9.17) is 10.7 Å². The van der Waals surface area contributed by atoms with Gasteiger partial charge in [0.2, 0.25) is 0 Å². The Morgan fingerprint density at radius 2 is 1.90 bits per heavy atom. The van der Waals surface area contributed by atoms with Crippen LogP contribution in [-0.2, 0) is 7.05 Å². The molecule has 0 radical (unpaired) electrons. The van der Waals surface area contributed by atoms with Gasteiger partial charge < -0.3 is 16.0 Å². The van der Waals surface area contributed by atoms with Gasteiger partial charge in [-0.3, -0.25) is 9.48 Å². The minimum Gasteiger partial charge on any atom is -0.377 e. The molecule has 30 heavy (non-hydrogen) atoms. The first kappa shape index (κ1) is 20.2. The molecule has 1 fully saturated rings. The summed E-state index contributed by atoms with van der Waals surface area (Å²) in [6, 6.07) is 10.7. The van der Waals surface area contributed by atoms with Crippen molar-refractivity contribution in [1.82, 2.24) is 14.8 Å². The van der Waals surface area contributed by atoms with Gasteiger partial charge in [-0.15, -0.1) is 0 Å². The fourth-order valence-electron chi connectivity index (χ4n) is 4.79. The van der Waals surface area contributed by atoms with Crippen LogP contribution in [0.25, 0.3) is 10.9 Å². The molecule has 1 aromatic carbocycles. The highest BCUT2D eigenvalue weighted by Crippen LogP contribution is 2.37. The second-order valence-electron chi connectivity index (χ2n) is 8.47. The number of hydrogen-bond acceptors (Lipinski definition) is 5. The van der Waals surface area contributed by atoms with Crippen molar-refractivity contribution >= 4 is 28.3 Å². The molecule has 0 atom stereocenters. The summed E-state index contributed by atoms with van der Waals surface area (Å²) in [5.41, 5.74) is 10.3. The number of carbonyl (C=O) groups excluding carboxylic acids is 1. The third-order valence-electron chi connectivity index (χ3n) is 6.17. The highest BCUT2D eigenvalue weighted by atomic mass is 16.1. The van der Waals surface area contributed by atoms with E-state index >= 15 is 0 Å². The number of nitrogens with one attached hydrogen (secondary N) is 1. The molecule has 3 N–H and O–H groups in total. The van der Waals surface area contributed by atoms with Crippen LogP contribution < -0.4 is 16.0 Å². The lowest BCUT2D eigenvalue weighted by atomic mass is 9.80. The maximum atomic E-state index is 11.9. The highest BCUT2D eigenvalue weighted by molar-refractivity contribution is 5.94. The number of rotatable bonds is 5. The van der Waals surface area contributed by atoms with E-state index < -0.39 is 5.91 Å². The third kappa shape index (κ3) is 3.72. The first-order chi connectivity index (χ1) is 14.3. The molecule has 1 aliphatic carbocycles. The zero-order valence-electron chi connectivity index (χ0n) is 18.1. The number of aryl methyl sites for hydroxylation is 2. The standard InChI is InChI=1S/C23H30N6O/c1-14-21(22(23(24)30)29(4)27-14)15-9-11-16(12-10-15)25-20-13-19(28(2)3)17-7-5-6-8-18(17)26-20/h5-8,13,15-16H,9-12H2,1-4H3,(H2,24,30)(H,25,26)/t15-,16+. The van der Waals surface area contributed by atoms with Gasteiger partial charge >= 0.3 is 0 Å². The van der Waals surface area contributed by atoms with Crippen LogP contribution in [-0.4, -0.2) is 40.8 Å². The summed E-state index contributed by atoms with van der Waals surface area (Å²) in [6.45, 7) is 1.97. The first-order valence-corrected chi connectivity index (χ1v) is 10.5. The van der Waals surface area contributed by atoms with Gasteiger partial charge in [-0.25, -0.2) is 4.98 Å². The summed E-state index contributed by atoms with van der Waals surface area (Å²) in [6.07, 6.45) is 4.03. The number of pyridine rings is 1. The van der Waals surface area contributed by atoms with Crippen molar-refractivity contribution < 1.29 is 4.79 Å². The van der Waals surface area contributed by atoms with Gasteiger partial charge in [-0.05, 0) is 44.6 Å². The number of amides is 1. The van der Waals surface area contributed by atoms with Gasteiger partial charge in [0.1, 0.15) is 11.5 Å². The first-order valence-electron chi connectivity index (χ1n) is 10.5. The number of fused-ring (bicyclic) bond motifs is 1. The Labute approximate surface area is 177 Å². The number of primary amides is 1. The SMILES string of the molecule is Cc1nn(C)c(C(N)=O)c1[C@H]1CC[C@@H](Nc2cc(N(C)C)c3ccccc3n2)CC1. The van der Waals surface area contributed by atoms with Crippen LogP contribution in [0, 0.1) is 6.92 Å². The Hall–Kier alpha value is -3.09. The minimum atomic E-state index is -0.398. The Balaban J connectivity index is 1.51. The van der Waals surface area contributed by atoms with Gasteiger partial charge in [0.15, 0.2) is 0 Å². The molecule has 0 spiro atoms. The van der Waals surface area contributed by atoms with E-state index in [1.165, 1.54) is 0 Å². The van der Waals surface area contributed by atoms with E-state index in [2.05, 4.69) is 47.6 Å². The van der Waals surface area contributed by atoms with Crippen LogP contribution in [0.4, 0.5) is 11.5 Å². The fourth-order valence-corrected chi connectivity index (χ4v) is 4.79. The van der Waals surface area contributed by atoms with Crippen LogP contribution in [0.15, 0.2) is 30.3 Å². The molecule has 2 aromatic heterocycles. The van der Waals surface area contributed by atoms with E-state index in [1.54, 1.807) is 11.7 Å². The fraction of sp³-hybridized carbons (Fsp3) is 0.435. The average Bonchev–Trinajstić information content (AvgIpc) is 3.02. The van der Waals surface area contributed by atoms with Crippen LogP contribution in [0.1, 0.15) is 53.3 Å². The minimum absolute atomic E-state index is 0.321. The monoisotopic (exact) mass is 406 g/mol. The van der Waals surface area contributed by atoms with Gasteiger partial charge in [-0.2, -0.15) is 5.10 Å². The Kier molecular flexibility index (Phi) is 5.37. The van der Waals surface area contributed by atoms with Crippen LogP contribution >= 0.6 is 0 Å². The van der Waals surface area contributed by atoms with Crippen molar-refractivity contribution in [3.05, 3.63) is 47.3 Å². The number of para-hydroxylation sites is 1. The van der Waals surface area contributed by atoms with Gasteiger partial charge in [0.25, 0.3) is 5.91 Å². The Morgan fingerprint density at radius 3 is 2.57 bits per heavy atom. The summed E-state index contributed by atoms with van der Waals surface area (Å²) >= 11 is 0. The molecule has 4 rings (SSSR count). The molecular weight excluding hydrogens is 376 g/mol. The van der Waals surface area contributed by atoms with Crippen LogP contribution in [0.3, 0.4) is 0 Å². The molecule has 7 nitrogen and oxygen atoms in total. The predicted molar refractivity (Wildman–Crippen MR) is 121 cm³/mol. The normalized spacial score (nSPS) is 19.1. The molecule has 0 saturated heterocycles. The number of hydrogen-bond donors (Lipinski definition) is 2. The summed E-state index contributed by atoms with van der Waals surface area (Å²) in [7, 11) is 5.91. The maximum Gasteiger partial charge on any atom is 0.267 e. The molecular formula is C23H30N6O. The smallest absolute Gasteiger partial charge is 0.267 e. The molecule has 2 heterocycles. The predicted octanol–water partition coefficient (Wildman–Crippen LogP) is 3.58. The second kappa shape index (κ2) is 7.97. The average molecular weight is 407 g/mol. The van der Waals surface area contributed by atoms with E-state index in [9.17, 15) is 4.79 Å². The molecule has 0 aliphatic heterocycles. The molecule has 1 saturated carbocycles. The third-order valence-corrected chi connectivity index (χ3v) is 6.17. The number of benzene rings is 1. The summed E-state index contributed by atoms with van der Waals surface area (Å²) < 4.78 is 1.62. The molecule has 3 aromatic rings. The quantitative estimate of drug-likeness (QED) is 0.676. The molecule has 0 bridgehead atoms.